The minimum Gasteiger partial charge on any atom is -0.392 e. The molecule has 0 amide bonds. The Morgan fingerprint density at radius 1 is 1.47 bits per heavy atom. The monoisotopic (exact) mass is 302 g/mol. The number of hydrogen-bond acceptors (Lipinski definition) is 5. The van der Waals surface area contributed by atoms with E-state index in [4.69, 9.17) is 16.4 Å². The van der Waals surface area contributed by atoms with Gasteiger partial charge < -0.3 is 14.8 Å². The topological polar surface area (TPSA) is 45.1 Å². The highest BCUT2D eigenvalue weighted by Crippen LogP contribution is 2.13. The van der Waals surface area contributed by atoms with Gasteiger partial charge in [-0.05, 0) is 37.4 Å². The smallest absolute Gasteiger partial charge is 0.185 e. The maximum Gasteiger partial charge on any atom is 0.185 e. The summed E-state index contributed by atoms with van der Waals surface area (Å²) in [6, 6.07) is 3.78. The molecule has 1 aromatic rings. The van der Waals surface area contributed by atoms with Gasteiger partial charge in [-0.2, -0.15) is 0 Å². The number of hydrogen-bond donors (Lipinski definition) is 1. The first kappa shape index (κ1) is 14.8. The van der Waals surface area contributed by atoms with Crippen LogP contribution in [0.3, 0.4) is 0 Å². The minimum absolute atomic E-state index is 0.179. The first-order valence-electron chi connectivity index (χ1n) is 6.55. The van der Waals surface area contributed by atoms with E-state index in [0.29, 0.717) is 11.7 Å². The van der Waals surface area contributed by atoms with Crippen molar-refractivity contribution in [1.29, 1.82) is 0 Å². The Kier molecular flexibility index (Phi) is 6.10. The van der Waals surface area contributed by atoms with E-state index < -0.39 is 6.10 Å². The summed E-state index contributed by atoms with van der Waals surface area (Å²) in [5.74, 6) is 0. The van der Waals surface area contributed by atoms with Gasteiger partial charge in [0.25, 0.3) is 0 Å². The molecule has 1 aliphatic rings. The zero-order valence-electron chi connectivity index (χ0n) is 10.8. The number of halogens is 1. The van der Waals surface area contributed by atoms with Crippen LogP contribution in [0.15, 0.2) is 22.7 Å². The third kappa shape index (κ3) is 5.10. The van der Waals surface area contributed by atoms with Gasteiger partial charge in [0, 0.05) is 6.54 Å². The van der Waals surface area contributed by atoms with Crippen molar-refractivity contribution in [3.63, 3.8) is 0 Å². The Bertz CT molecular complexity index is 391. The highest BCUT2D eigenvalue weighted by atomic mass is 35.5. The molecule has 6 heteroatoms. The third-order valence-electron chi connectivity index (χ3n) is 3.05. The van der Waals surface area contributed by atoms with Crippen molar-refractivity contribution in [1.82, 2.24) is 4.90 Å². The summed E-state index contributed by atoms with van der Waals surface area (Å²) in [6.45, 7) is 2.96. The third-order valence-corrected chi connectivity index (χ3v) is 4.31. The van der Waals surface area contributed by atoms with Crippen LogP contribution in [-0.4, -0.2) is 47.5 Å². The van der Waals surface area contributed by atoms with Crippen LogP contribution in [0, 0.1) is 0 Å². The lowest BCUT2D eigenvalue weighted by Crippen LogP contribution is -2.38. The van der Waals surface area contributed by atoms with Crippen molar-refractivity contribution in [2.45, 2.75) is 25.4 Å². The molecule has 1 aliphatic heterocycles. The molecule has 106 valence electrons. The van der Waals surface area contributed by atoms with Crippen molar-refractivity contribution in [2.24, 2.45) is 5.16 Å². The fourth-order valence-corrected chi connectivity index (χ4v) is 2.95. The van der Waals surface area contributed by atoms with Crippen LogP contribution < -0.4 is 0 Å². The number of aliphatic hydroxyl groups is 1. The van der Waals surface area contributed by atoms with E-state index in [-0.39, 0.29) is 6.61 Å². The summed E-state index contributed by atoms with van der Waals surface area (Å²) in [5.41, 5.74) is 0. The summed E-state index contributed by atoms with van der Waals surface area (Å²) in [6.07, 6.45) is 3.21. The van der Waals surface area contributed by atoms with Gasteiger partial charge in [0.1, 0.15) is 12.7 Å². The van der Waals surface area contributed by atoms with Crippen molar-refractivity contribution in [3.8, 4) is 0 Å². The number of rotatable bonds is 6. The second kappa shape index (κ2) is 7.85. The van der Waals surface area contributed by atoms with Gasteiger partial charge in [0.15, 0.2) is 5.17 Å². The quantitative estimate of drug-likeness (QED) is 0.649. The predicted molar refractivity (Wildman–Crippen MR) is 79.0 cm³/mol. The molecular formula is C13H19ClN2O2S. The average Bonchev–Trinajstić information content (AvgIpc) is 2.93. The highest BCUT2D eigenvalue weighted by molar-refractivity contribution is 7.14. The van der Waals surface area contributed by atoms with E-state index >= 15 is 0 Å². The Hall–Kier alpha value is -0.620. The van der Waals surface area contributed by atoms with E-state index in [0.717, 1.165) is 18.0 Å². The van der Waals surface area contributed by atoms with Crippen LogP contribution in [0.1, 0.15) is 24.1 Å². The van der Waals surface area contributed by atoms with E-state index in [2.05, 4.69) is 10.1 Å². The molecule has 1 atom stereocenters. The standard InChI is InChI=1S/C13H19ClN2O2S/c14-13(12-5-4-8-19-12)15-18-10-11(17)9-16-6-2-1-3-7-16/h4-5,8,11,17H,1-3,6-7,9-10H2/b15-13-. The van der Waals surface area contributed by atoms with E-state index in [1.165, 1.54) is 30.6 Å². The molecule has 0 aliphatic carbocycles. The molecule has 2 heterocycles. The zero-order valence-corrected chi connectivity index (χ0v) is 12.4. The van der Waals surface area contributed by atoms with Gasteiger partial charge in [-0.3, -0.25) is 0 Å². The summed E-state index contributed by atoms with van der Waals surface area (Å²) in [5, 5.41) is 15.9. The summed E-state index contributed by atoms with van der Waals surface area (Å²) >= 11 is 7.47. The molecule has 19 heavy (non-hydrogen) atoms. The number of β-amino-alcohol motifs (C(OH)–C–C–N with tert-alkyl or cyclic N) is 1. The number of piperidine rings is 1. The lowest BCUT2D eigenvalue weighted by molar-refractivity contribution is 0.0161. The van der Waals surface area contributed by atoms with Crippen molar-refractivity contribution < 1.29 is 9.94 Å². The fourth-order valence-electron chi connectivity index (χ4n) is 2.11. The fraction of sp³-hybridized carbons (Fsp3) is 0.615. The van der Waals surface area contributed by atoms with Crippen LogP contribution in [0.5, 0.6) is 0 Å². The zero-order chi connectivity index (χ0) is 13.5. The van der Waals surface area contributed by atoms with Crippen LogP contribution in [-0.2, 0) is 4.84 Å². The molecule has 0 spiro atoms. The maximum absolute atomic E-state index is 9.87. The molecule has 1 fully saturated rings. The first-order chi connectivity index (χ1) is 9.25. The average molecular weight is 303 g/mol. The number of likely N-dealkylation sites (tertiary alicyclic amines) is 1. The van der Waals surface area contributed by atoms with E-state index in [9.17, 15) is 5.11 Å². The molecule has 0 bridgehead atoms. The van der Waals surface area contributed by atoms with Gasteiger partial charge in [-0.15, -0.1) is 11.3 Å². The lowest BCUT2D eigenvalue weighted by Gasteiger charge is -2.27. The molecule has 0 saturated carbocycles. The molecule has 1 unspecified atom stereocenters. The Morgan fingerprint density at radius 2 is 2.26 bits per heavy atom. The van der Waals surface area contributed by atoms with Gasteiger partial charge in [-0.25, -0.2) is 0 Å². The van der Waals surface area contributed by atoms with E-state index in [1.807, 2.05) is 17.5 Å². The number of oxime groups is 1. The van der Waals surface area contributed by atoms with Gasteiger partial charge >= 0.3 is 0 Å². The second-order valence-electron chi connectivity index (χ2n) is 4.67. The second-order valence-corrected chi connectivity index (χ2v) is 5.98. The molecule has 2 rings (SSSR count). The highest BCUT2D eigenvalue weighted by Gasteiger charge is 2.15. The number of aliphatic hydroxyl groups excluding tert-OH is 1. The van der Waals surface area contributed by atoms with Crippen LogP contribution in [0.25, 0.3) is 0 Å². The molecule has 0 radical (unpaired) electrons. The summed E-state index contributed by atoms with van der Waals surface area (Å²) < 4.78 is 0. The molecular weight excluding hydrogens is 284 g/mol. The minimum atomic E-state index is -0.519. The lowest BCUT2D eigenvalue weighted by atomic mass is 10.1. The Balaban J connectivity index is 1.68. The first-order valence-corrected chi connectivity index (χ1v) is 7.81. The van der Waals surface area contributed by atoms with Crippen LogP contribution in [0.2, 0.25) is 0 Å². The van der Waals surface area contributed by atoms with Crippen LogP contribution >= 0.6 is 22.9 Å². The molecule has 4 nitrogen and oxygen atoms in total. The van der Waals surface area contributed by atoms with Gasteiger partial charge in [-0.1, -0.05) is 29.2 Å². The molecule has 1 saturated heterocycles. The van der Waals surface area contributed by atoms with Crippen LogP contribution in [0.4, 0.5) is 0 Å². The predicted octanol–water partition coefficient (Wildman–Crippen LogP) is 2.51. The summed E-state index contributed by atoms with van der Waals surface area (Å²) in [4.78, 5) is 8.24. The van der Waals surface area contributed by atoms with Crippen molar-refractivity contribution in [3.05, 3.63) is 22.4 Å². The molecule has 0 aromatic carbocycles. The maximum atomic E-state index is 9.87. The SMILES string of the molecule is OC(CO/N=C(\Cl)c1cccs1)CN1CCCCC1. The van der Waals surface area contributed by atoms with Gasteiger partial charge in [0.05, 0.1) is 4.88 Å². The van der Waals surface area contributed by atoms with Crippen molar-refractivity contribution >= 4 is 28.1 Å². The number of thiophene rings is 1. The summed E-state index contributed by atoms with van der Waals surface area (Å²) in [7, 11) is 0. The Morgan fingerprint density at radius 3 is 2.95 bits per heavy atom. The largest absolute Gasteiger partial charge is 0.392 e. The normalized spacial score (nSPS) is 19.4. The van der Waals surface area contributed by atoms with E-state index in [1.54, 1.807) is 0 Å². The number of nitrogens with zero attached hydrogens (tertiary/aromatic N) is 2. The van der Waals surface area contributed by atoms with Crippen molar-refractivity contribution in [2.75, 3.05) is 26.2 Å². The van der Waals surface area contributed by atoms with Gasteiger partial charge in [0.2, 0.25) is 0 Å². The Labute approximate surface area is 122 Å². The molecule has 1 aromatic heterocycles. The molecule has 1 N–H and O–H groups in total.